The van der Waals surface area contributed by atoms with Gasteiger partial charge in [-0.25, -0.2) is 4.98 Å². The number of nitrogens with zero attached hydrogens (tertiary/aromatic N) is 2. The molecule has 0 unspecified atom stereocenters. The first kappa shape index (κ1) is 18.9. The molecule has 0 fully saturated rings. The van der Waals surface area contributed by atoms with E-state index in [1.165, 1.54) is 11.3 Å². The van der Waals surface area contributed by atoms with E-state index in [0.717, 1.165) is 36.5 Å². The van der Waals surface area contributed by atoms with Gasteiger partial charge >= 0.3 is 11.8 Å². The molecular weight excluding hydrogens is 324 g/mol. The molecule has 2 rings (SSSR count). The van der Waals surface area contributed by atoms with Gasteiger partial charge in [0.1, 0.15) is 0 Å². The third-order valence-electron chi connectivity index (χ3n) is 3.77. The number of anilines is 1. The highest BCUT2D eigenvalue weighted by Crippen LogP contribution is 2.28. The summed E-state index contributed by atoms with van der Waals surface area (Å²) < 4.78 is 0. The average Bonchev–Trinajstić information content (AvgIpc) is 2.76. The number of aromatic nitrogens is 1. The quantitative estimate of drug-likeness (QED) is 0.819. The SMILES string of the molecule is CN1CCc2nc(NC(=O)C(=O)NC(C)(C)CC(C)(C)C)sc2C1. The lowest BCUT2D eigenvalue weighted by molar-refractivity contribution is -0.137. The van der Waals surface area contributed by atoms with Crippen LogP contribution < -0.4 is 10.6 Å². The Hall–Kier alpha value is -1.47. The average molecular weight is 353 g/mol. The van der Waals surface area contributed by atoms with E-state index in [2.05, 4.69) is 48.3 Å². The Kier molecular flexibility index (Phi) is 5.34. The molecule has 1 aliphatic heterocycles. The van der Waals surface area contributed by atoms with Gasteiger partial charge in [0.15, 0.2) is 5.13 Å². The summed E-state index contributed by atoms with van der Waals surface area (Å²) in [6, 6.07) is 0. The smallest absolute Gasteiger partial charge is 0.315 e. The number of amides is 2. The number of fused-ring (bicyclic) bond motifs is 1. The van der Waals surface area contributed by atoms with Crippen LogP contribution in [0.1, 0.15) is 51.6 Å². The van der Waals surface area contributed by atoms with Crippen molar-refractivity contribution in [2.24, 2.45) is 5.41 Å². The Morgan fingerprint density at radius 1 is 1.21 bits per heavy atom. The van der Waals surface area contributed by atoms with Gasteiger partial charge in [-0.05, 0) is 32.7 Å². The van der Waals surface area contributed by atoms with Crippen LogP contribution in [0.4, 0.5) is 5.13 Å². The van der Waals surface area contributed by atoms with Crippen molar-refractivity contribution < 1.29 is 9.59 Å². The summed E-state index contributed by atoms with van der Waals surface area (Å²) in [5.41, 5.74) is 0.646. The zero-order valence-corrected chi connectivity index (χ0v) is 16.3. The molecule has 134 valence electrons. The molecule has 2 N–H and O–H groups in total. The molecule has 7 heteroatoms. The second kappa shape index (κ2) is 6.80. The predicted octanol–water partition coefficient (Wildman–Crippen LogP) is 2.40. The molecule has 0 aliphatic carbocycles. The third kappa shape index (κ3) is 5.27. The first-order chi connectivity index (χ1) is 11.0. The summed E-state index contributed by atoms with van der Waals surface area (Å²) in [5.74, 6) is -1.27. The molecule has 0 bridgehead atoms. The fourth-order valence-electron chi connectivity index (χ4n) is 3.26. The van der Waals surface area contributed by atoms with E-state index in [1.807, 2.05) is 13.8 Å². The summed E-state index contributed by atoms with van der Waals surface area (Å²) in [7, 11) is 2.06. The molecule has 0 aromatic carbocycles. The highest BCUT2D eigenvalue weighted by molar-refractivity contribution is 7.16. The van der Waals surface area contributed by atoms with Gasteiger partial charge in [0.05, 0.1) is 5.69 Å². The molecule has 1 aliphatic rings. The van der Waals surface area contributed by atoms with Crippen LogP contribution in [0.5, 0.6) is 0 Å². The number of rotatable bonds is 3. The molecule has 0 saturated carbocycles. The molecule has 0 atom stereocenters. The first-order valence-corrected chi connectivity index (χ1v) is 9.07. The van der Waals surface area contributed by atoms with Crippen LogP contribution >= 0.6 is 11.3 Å². The van der Waals surface area contributed by atoms with Gasteiger partial charge < -0.3 is 10.2 Å². The predicted molar refractivity (Wildman–Crippen MR) is 97.1 cm³/mol. The molecule has 0 spiro atoms. The maximum Gasteiger partial charge on any atom is 0.315 e. The van der Waals surface area contributed by atoms with Crippen molar-refractivity contribution in [2.45, 2.75) is 59.5 Å². The van der Waals surface area contributed by atoms with Crippen LogP contribution in [0.25, 0.3) is 0 Å². The molecule has 2 amide bonds. The number of carbonyl (C=O) groups is 2. The third-order valence-corrected chi connectivity index (χ3v) is 4.77. The molecule has 24 heavy (non-hydrogen) atoms. The van der Waals surface area contributed by atoms with Crippen molar-refractivity contribution in [3.8, 4) is 0 Å². The Morgan fingerprint density at radius 2 is 1.88 bits per heavy atom. The number of nitrogens with one attached hydrogen (secondary N) is 2. The van der Waals surface area contributed by atoms with E-state index in [9.17, 15) is 9.59 Å². The highest BCUT2D eigenvalue weighted by atomic mass is 32.1. The van der Waals surface area contributed by atoms with Crippen molar-refractivity contribution in [1.82, 2.24) is 15.2 Å². The highest BCUT2D eigenvalue weighted by Gasteiger charge is 2.29. The number of carbonyl (C=O) groups excluding carboxylic acids is 2. The first-order valence-electron chi connectivity index (χ1n) is 8.26. The van der Waals surface area contributed by atoms with Crippen molar-refractivity contribution >= 4 is 28.3 Å². The summed E-state index contributed by atoms with van der Waals surface area (Å²) in [6.07, 6.45) is 1.65. The van der Waals surface area contributed by atoms with Crippen molar-refractivity contribution in [3.63, 3.8) is 0 Å². The van der Waals surface area contributed by atoms with Crippen LogP contribution in [-0.2, 0) is 22.6 Å². The molecule has 6 nitrogen and oxygen atoms in total. The van der Waals surface area contributed by atoms with Crippen molar-refractivity contribution in [2.75, 3.05) is 18.9 Å². The summed E-state index contributed by atoms with van der Waals surface area (Å²) in [6.45, 7) is 12.0. The van der Waals surface area contributed by atoms with Gasteiger partial charge in [0.2, 0.25) is 0 Å². The fourth-order valence-corrected chi connectivity index (χ4v) is 4.35. The summed E-state index contributed by atoms with van der Waals surface area (Å²) in [5, 5.41) is 5.96. The van der Waals surface area contributed by atoms with Crippen LogP contribution in [0, 0.1) is 5.41 Å². The molecule has 0 saturated heterocycles. The van der Waals surface area contributed by atoms with Crippen LogP contribution in [0.15, 0.2) is 0 Å². The van der Waals surface area contributed by atoms with Crippen molar-refractivity contribution in [1.29, 1.82) is 0 Å². The Bertz CT molecular complexity index is 631. The maximum absolute atomic E-state index is 12.2. The van der Waals surface area contributed by atoms with Crippen LogP contribution in [0.2, 0.25) is 0 Å². The second-order valence-electron chi connectivity index (χ2n) is 8.41. The molecular formula is C17H28N4O2S. The van der Waals surface area contributed by atoms with Gasteiger partial charge in [-0.15, -0.1) is 11.3 Å². The Morgan fingerprint density at radius 3 is 2.50 bits per heavy atom. The number of thiazole rings is 1. The van der Waals surface area contributed by atoms with Crippen LogP contribution in [-0.4, -0.2) is 40.8 Å². The second-order valence-corrected chi connectivity index (χ2v) is 9.49. The largest absolute Gasteiger partial charge is 0.343 e. The lowest BCUT2D eigenvalue weighted by Gasteiger charge is -2.33. The van der Waals surface area contributed by atoms with Gasteiger partial charge in [-0.2, -0.15) is 0 Å². The molecule has 2 heterocycles. The van der Waals surface area contributed by atoms with Gasteiger partial charge in [-0.1, -0.05) is 20.8 Å². The van der Waals surface area contributed by atoms with Gasteiger partial charge in [-0.3, -0.25) is 14.9 Å². The summed E-state index contributed by atoms with van der Waals surface area (Å²) in [4.78, 5) is 32.2. The van der Waals surface area contributed by atoms with E-state index in [1.54, 1.807) is 0 Å². The normalized spacial score (nSPS) is 15.8. The lowest BCUT2D eigenvalue weighted by atomic mass is 9.82. The van der Waals surface area contributed by atoms with E-state index < -0.39 is 17.4 Å². The number of hydrogen-bond donors (Lipinski definition) is 2. The van der Waals surface area contributed by atoms with Crippen LogP contribution in [0.3, 0.4) is 0 Å². The molecule has 1 aromatic heterocycles. The van der Waals surface area contributed by atoms with E-state index in [4.69, 9.17) is 0 Å². The Balaban J connectivity index is 1.96. The minimum atomic E-state index is -0.656. The monoisotopic (exact) mass is 352 g/mol. The zero-order chi connectivity index (χ0) is 18.1. The Labute approximate surface area is 148 Å². The van der Waals surface area contributed by atoms with E-state index in [0.29, 0.717) is 5.13 Å². The molecule has 0 radical (unpaired) electrons. The fraction of sp³-hybridized carbons (Fsp3) is 0.706. The lowest BCUT2D eigenvalue weighted by Crippen LogP contribution is -2.49. The van der Waals surface area contributed by atoms with Gasteiger partial charge in [0.25, 0.3) is 0 Å². The van der Waals surface area contributed by atoms with Crippen molar-refractivity contribution in [3.05, 3.63) is 10.6 Å². The number of hydrogen-bond acceptors (Lipinski definition) is 5. The maximum atomic E-state index is 12.2. The number of likely N-dealkylation sites (N-methyl/N-ethyl adjacent to an activating group) is 1. The standard InChI is InChI=1S/C17H28N4O2S/c1-16(2,3)10-17(4,5)20-14(23)13(22)19-15-18-11-7-8-21(6)9-12(11)24-15/h7-10H2,1-6H3,(H,20,23)(H,18,19,22). The molecule has 1 aromatic rings. The topological polar surface area (TPSA) is 74.3 Å². The minimum absolute atomic E-state index is 0.0631. The zero-order valence-electron chi connectivity index (χ0n) is 15.4. The van der Waals surface area contributed by atoms with E-state index in [-0.39, 0.29) is 5.41 Å². The summed E-state index contributed by atoms with van der Waals surface area (Å²) >= 11 is 1.45. The van der Waals surface area contributed by atoms with Gasteiger partial charge in [0, 0.05) is 29.9 Å². The minimum Gasteiger partial charge on any atom is -0.343 e. The van der Waals surface area contributed by atoms with E-state index >= 15 is 0 Å².